The Morgan fingerprint density at radius 3 is 2.86 bits per heavy atom. The van der Waals surface area contributed by atoms with Crippen molar-refractivity contribution >= 4 is 43.8 Å². The number of benzene rings is 1. The second-order valence-corrected chi connectivity index (χ2v) is 8.31. The first-order chi connectivity index (χ1) is 13.6. The number of para-hydroxylation sites is 1. The van der Waals surface area contributed by atoms with Crippen molar-refractivity contribution in [3.63, 3.8) is 0 Å². The molecule has 0 atom stereocenters. The Bertz CT molecular complexity index is 1180. The molecule has 1 aromatic carbocycles. The SMILES string of the molecule is Cc1cc(C(=O)N(C)c2nc3ccccc3s2)c2nc3n(c2n1)CCCCC3. The van der Waals surface area contributed by atoms with E-state index in [0.29, 0.717) is 16.2 Å². The van der Waals surface area contributed by atoms with Crippen molar-refractivity contribution in [1.29, 1.82) is 0 Å². The van der Waals surface area contributed by atoms with Gasteiger partial charge in [-0.25, -0.2) is 15.0 Å². The van der Waals surface area contributed by atoms with Crippen molar-refractivity contribution in [2.24, 2.45) is 0 Å². The number of carbonyl (C=O) groups excluding carboxylic acids is 1. The van der Waals surface area contributed by atoms with E-state index in [-0.39, 0.29) is 5.91 Å². The molecule has 0 N–H and O–H groups in total. The highest BCUT2D eigenvalue weighted by Crippen LogP contribution is 2.30. The van der Waals surface area contributed by atoms with Crippen LogP contribution in [-0.4, -0.2) is 32.5 Å². The summed E-state index contributed by atoms with van der Waals surface area (Å²) in [6.07, 6.45) is 4.42. The van der Waals surface area contributed by atoms with Crippen LogP contribution in [0.15, 0.2) is 30.3 Å². The summed E-state index contributed by atoms with van der Waals surface area (Å²) in [5.74, 6) is 0.949. The van der Waals surface area contributed by atoms with Gasteiger partial charge >= 0.3 is 0 Å². The Kier molecular flexibility index (Phi) is 4.12. The number of amides is 1. The molecule has 28 heavy (non-hydrogen) atoms. The summed E-state index contributed by atoms with van der Waals surface area (Å²) in [6, 6.07) is 9.79. The molecule has 6 nitrogen and oxygen atoms in total. The Morgan fingerprint density at radius 1 is 1.14 bits per heavy atom. The van der Waals surface area contributed by atoms with Crippen LogP contribution in [-0.2, 0) is 13.0 Å². The Morgan fingerprint density at radius 2 is 2.00 bits per heavy atom. The van der Waals surface area contributed by atoms with Gasteiger partial charge in [-0.15, -0.1) is 0 Å². The zero-order chi connectivity index (χ0) is 19.3. The van der Waals surface area contributed by atoms with Gasteiger partial charge in [0.1, 0.15) is 11.3 Å². The van der Waals surface area contributed by atoms with Gasteiger partial charge in [-0.05, 0) is 38.0 Å². The minimum atomic E-state index is -0.0946. The van der Waals surface area contributed by atoms with Crippen LogP contribution in [0, 0.1) is 6.92 Å². The molecule has 3 aromatic heterocycles. The smallest absolute Gasteiger partial charge is 0.262 e. The van der Waals surface area contributed by atoms with Crippen LogP contribution in [0.1, 0.15) is 41.1 Å². The highest BCUT2D eigenvalue weighted by Gasteiger charge is 2.24. The van der Waals surface area contributed by atoms with Crippen molar-refractivity contribution in [2.75, 3.05) is 11.9 Å². The highest BCUT2D eigenvalue weighted by atomic mass is 32.1. The van der Waals surface area contributed by atoms with Crippen molar-refractivity contribution < 1.29 is 4.79 Å². The molecule has 0 unspecified atom stereocenters. The lowest BCUT2D eigenvalue weighted by atomic mass is 10.2. The molecule has 0 radical (unpaired) electrons. The lowest BCUT2D eigenvalue weighted by molar-refractivity contribution is 0.0994. The van der Waals surface area contributed by atoms with E-state index in [1.807, 2.05) is 37.3 Å². The number of hydrogen-bond donors (Lipinski definition) is 0. The zero-order valence-corrected chi connectivity index (χ0v) is 16.8. The van der Waals surface area contributed by atoms with Crippen molar-refractivity contribution in [3.05, 3.63) is 47.4 Å². The van der Waals surface area contributed by atoms with Gasteiger partial charge in [0.25, 0.3) is 5.91 Å². The molecule has 5 rings (SSSR count). The molecule has 7 heteroatoms. The fraction of sp³-hybridized carbons (Fsp3) is 0.333. The number of aromatic nitrogens is 4. The summed E-state index contributed by atoms with van der Waals surface area (Å²) in [5, 5.41) is 0.689. The summed E-state index contributed by atoms with van der Waals surface area (Å²) >= 11 is 1.52. The normalized spacial score (nSPS) is 14.2. The average molecular weight is 392 g/mol. The van der Waals surface area contributed by atoms with Gasteiger partial charge in [0.2, 0.25) is 0 Å². The van der Waals surface area contributed by atoms with Crippen LogP contribution >= 0.6 is 11.3 Å². The molecule has 0 saturated heterocycles. The molecule has 0 bridgehead atoms. The lowest BCUT2D eigenvalue weighted by Crippen LogP contribution is -2.26. The molecule has 4 heterocycles. The van der Waals surface area contributed by atoms with Crippen molar-refractivity contribution in [1.82, 2.24) is 19.5 Å². The first kappa shape index (κ1) is 17.3. The topological polar surface area (TPSA) is 63.9 Å². The van der Waals surface area contributed by atoms with Gasteiger partial charge in [0.15, 0.2) is 10.8 Å². The summed E-state index contributed by atoms with van der Waals surface area (Å²) in [5.41, 5.74) is 3.88. The number of rotatable bonds is 2. The number of fused-ring (bicyclic) bond motifs is 4. The van der Waals surface area contributed by atoms with E-state index in [1.165, 1.54) is 17.8 Å². The molecule has 0 saturated carbocycles. The van der Waals surface area contributed by atoms with Crippen LogP contribution in [0.4, 0.5) is 5.13 Å². The number of thiazole rings is 1. The maximum absolute atomic E-state index is 13.4. The van der Waals surface area contributed by atoms with Crippen LogP contribution in [0.5, 0.6) is 0 Å². The molecule has 0 aliphatic carbocycles. The first-order valence-corrected chi connectivity index (χ1v) is 10.4. The maximum atomic E-state index is 13.4. The molecule has 0 fully saturated rings. The number of pyridine rings is 1. The van der Waals surface area contributed by atoms with E-state index in [9.17, 15) is 4.79 Å². The number of aryl methyl sites for hydroxylation is 3. The molecule has 1 aliphatic heterocycles. The van der Waals surface area contributed by atoms with E-state index in [4.69, 9.17) is 9.97 Å². The summed E-state index contributed by atoms with van der Waals surface area (Å²) in [4.78, 5) is 29.2. The minimum absolute atomic E-state index is 0.0946. The molecular weight excluding hydrogens is 370 g/mol. The number of carbonyl (C=O) groups is 1. The van der Waals surface area contributed by atoms with E-state index in [2.05, 4.69) is 9.55 Å². The molecule has 0 spiro atoms. The fourth-order valence-electron chi connectivity index (χ4n) is 3.85. The molecule has 1 aliphatic rings. The predicted octanol–water partition coefficient (Wildman–Crippen LogP) is 4.35. The number of nitrogens with zero attached hydrogens (tertiary/aromatic N) is 5. The third-order valence-electron chi connectivity index (χ3n) is 5.30. The van der Waals surface area contributed by atoms with E-state index in [0.717, 1.165) is 53.2 Å². The van der Waals surface area contributed by atoms with Gasteiger partial charge in [0.05, 0.1) is 15.8 Å². The Labute approximate surface area is 166 Å². The fourth-order valence-corrected chi connectivity index (χ4v) is 4.78. The van der Waals surface area contributed by atoms with Crippen LogP contribution in [0.3, 0.4) is 0 Å². The zero-order valence-electron chi connectivity index (χ0n) is 16.0. The molecule has 4 aromatic rings. The molecule has 142 valence electrons. The van der Waals surface area contributed by atoms with E-state index < -0.39 is 0 Å². The third kappa shape index (κ3) is 2.77. The van der Waals surface area contributed by atoms with Crippen LogP contribution in [0.2, 0.25) is 0 Å². The largest absolute Gasteiger partial charge is 0.313 e. The summed E-state index contributed by atoms with van der Waals surface area (Å²) in [7, 11) is 1.78. The number of hydrogen-bond acceptors (Lipinski definition) is 5. The van der Waals surface area contributed by atoms with Gasteiger partial charge in [0, 0.05) is 25.7 Å². The second-order valence-electron chi connectivity index (χ2n) is 7.30. The molecule has 1 amide bonds. The average Bonchev–Trinajstić information content (AvgIpc) is 3.20. The monoisotopic (exact) mass is 391 g/mol. The Hall–Kier alpha value is -2.80. The third-order valence-corrected chi connectivity index (χ3v) is 6.41. The van der Waals surface area contributed by atoms with E-state index >= 15 is 0 Å². The van der Waals surface area contributed by atoms with Crippen LogP contribution in [0.25, 0.3) is 21.4 Å². The second kappa shape index (κ2) is 6.67. The van der Waals surface area contributed by atoms with Crippen molar-refractivity contribution in [3.8, 4) is 0 Å². The van der Waals surface area contributed by atoms with Gasteiger partial charge < -0.3 is 4.57 Å². The minimum Gasteiger partial charge on any atom is -0.313 e. The first-order valence-electron chi connectivity index (χ1n) is 9.62. The number of anilines is 1. The van der Waals surface area contributed by atoms with Crippen LogP contribution < -0.4 is 4.90 Å². The van der Waals surface area contributed by atoms with Gasteiger partial charge in [-0.1, -0.05) is 29.9 Å². The molecular formula is C21H21N5OS. The van der Waals surface area contributed by atoms with Gasteiger partial charge in [-0.3, -0.25) is 9.69 Å². The predicted molar refractivity (Wildman–Crippen MR) is 112 cm³/mol. The summed E-state index contributed by atoms with van der Waals surface area (Å²) < 4.78 is 3.27. The van der Waals surface area contributed by atoms with Crippen molar-refractivity contribution in [2.45, 2.75) is 39.2 Å². The standard InChI is InChI=1S/C21H21N5OS/c1-13-12-14(18-19(22-13)26-11-7-3-4-10-17(26)24-18)20(27)25(2)21-23-15-8-5-6-9-16(15)28-21/h5-6,8-9,12H,3-4,7,10-11H2,1-2H3. The van der Waals surface area contributed by atoms with E-state index in [1.54, 1.807) is 11.9 Å². The van der Waals surface area contributed by atoms with Gasteiger partial charge in [-0.2, -0.15) is 0 Å². The Balaban J connectivity index is 1.60. The number of imidazole rings is 1. The quantitative estimate of drug-likeness (QED) is 0.509. The lowest BCUT2D eigenvalue weighted by Gasteiger charge is -2.14. The summed E-state index contributed by atoms with van der Waals surface area (Å²) in [6.45, 7) is 2.86. The maximum Gasteiger partial charge on any atom is 0.262 e. The highest BCUT2D eigenvalue weighted by molar-refractivity contribution is 7.22.